The standard InChI is InChI=1S/C18H26S/c1-8-15-11-16(9-10-17(15)12(2)3)18(13(4)5)19-14(6)7/h9-12H,6,8H2,1-5,7H3. The number of thioether (sulfide) groups is 1. The maximum absolute atomic E-state index is 4.02. The second-order valence-corrected chi connectivity index (χ2v) is 6.86. The molecule has 0 amide bonds. The molecular formula is C18H26S. The summed E-state index contributed by atoms with van der Waals surface area (Å²) in [7, 11) is 0. The first-order valence-corrected chi connectivity index (χ1v) is 7.82. The maximum atomic E-state index is 4.02. The van der Waals surface area contributed by atoms with E-state index in [1.807, 2.05) is 0 Å². The van der Waals surface area contributed by atoms with E-state index in [4.69, 9.17) is 0 Å². The molecule has 0 atom stereocenters. The van der Waals surface area contributed by atoms with E-state index in [0.29, 0.717) is 5.92 Å². The SMILES string of the molecule is C=C(C)SC(=C(C)C)c1ccc(C(C)C)c(CC)c1. The van der Waals surface area contributed by atoms with Crippen LogP contribution in [0.4, 0.5) is 0 Å². The van der Waals surface area contributed by atoms with E-state index in [1.165, 1.54) is 27.2 Å². The minimum atomic E-state index is 0.591. The van der Waals surface area contributed by atoms with E-state index in [9.17, 15) is 0 Å². The number of benzene rings is 1. The van der Waals surface area contributed by atoms with E-state index in [1.54, 1.807) is 11.8 Å². The summed E-state index contributed by atoms with van der Waals surface area (Å²) >= 11 is 1.78. The molecule has 0 aliphatic heterocycles. The van der Waals surface area contributed by atoms with Gasteiger partial charge in [0, 0.05) is 4.91 Å². The quantitative estimate of drug-likeness (QED) is 0.599. The Labute approximate surface area is 123 Å². The summed E-state index contributed by atoms with van der Waals surface area (Å²) in [6, 6.07) is 6.90. The lowest BCUT2D eigenvalue weighted by molar-refractivity contribution is 0.844. The first-order valence-electron chi connectivity index (χ1n) is 7.00. The lowest BCUT2D eigenvalue weighted by atomic mass is 9.93. The summed E-state index contributed by atoms with van der Waals surface area (Å²) in [6.45, 7) is 17.2. The van der Waals surface area contributed by atoms with Gasteiger partial charge in [0.25, 0.3) is 0 Å². The largest absolute Gasteiger partial charge is 0.0949 e. The van der Waals surface area contributed by atoms with Crippen LogP contribution in [0.2, 0.25) is 0 Å². The topological polar surface area (TPSA) is 0 Å². The van der Waals surface area contributed by atoms with Crippen LogP contribution in [0, 0.1) is 0 Å². The molecule has 0 bridgehead atoms. The third-order valence-electron chi connectivity index (χ3n) is 3.14. The number of hydrogen-bond donors (Lipinski definition) is 0. The third kappa shape index (κ3) is 4.28. The molecule has 1 aromatic rings. The minimum Gasteiger partial charge on any atom is -0.0949 e. The van der Waals surface area contributed by atoms with Crippen molar-refractivity contribution in [2.24, 2.45) is 0 Å². The van der Waals surface area contributed by atoms with Crippen molar-refractivity contribution in [2.75, 3.05) is 0 Å². The zero-order valence-electron chi connectivity index (χ0n) is 13.1. The fourth-order valence-electron chi connectivity index (χ4n) is 2.24. The average molecular weight is 274 g/mol. The summed E-state index contributed by atoms with van der Waals surface area (Å²) in [4.78, 5) is 2.49. The summed E-state index contributed by atoms with van der Waals surface area (Å²) in [6.07, 6.45) is 1.09. The summed E-state index contributed by atoms with van der Waals surface area (Å²) in [5.74, 6) is 0.591. The Kier molecular flexibility index (Phi) is 5.93. The van der Waals surface area contributed by atoms with E-state index < -0.39 is 0 Å². The zero-order chi connectivity index (χ0) is 14.6. The Morgan fingerprint density at radius 3 is 2.26 bits per heavy atom. The van der Waals surface area contributed by atoms with E-state index >= 15 is 0 Å². The molecular weight excluding hydrogens is 248 g/mol. The molecule has 0 saturated carbocycles. The van der Waals surface area contributed by atoms with Crippen LogP contribution in [-0.2, 0) is 6.42 Å². The highest BCUT2D eigenvalue weighted by molar-refractivity contribution is 8.11. The number of hydrogen-bond acceptors (Lipinski definition) is 1. The van der Waals surface area contributed by atoms with Gasteiger partial charge in [-0.05, 0) is 54.7 Å². The first kappa shape index (κ1) is 16.1. The molecule has 104 valence electrons. The first-order chi connectivity index (χ1) is 8.86. The molecule has 0 radical (unpaired) electrons. The van der Waals surface area contributed by atoms with Gasteiger partial charge in [-0.25, -0.2) is 0 Å². The highest BCUT2D eigenvalue weighted by Gasteiger charge is 2.10. The van der Waals surface area contributed by atoms with Crippen LogP contribution in [0.3, 0.4) is 0 Å². The molecule has 0 spiro atoms. The predicted octanol–water partition coefficient (Wildman–Crippen LogP) is 6.39. The van der Waals surface area contributed by atoms with Gasteiger partial charge >= 0.3 is 0 Å². The van der Waals surface area contributed by atoms with Crippen LogP contribution in [-0.4, -0.2) is 0 Å². The lowest BCUT2D eigenvalue weighted by Crippen LogP contribution is -1.97. The molecule has 1 rings (SSSR count). The Balaban J connectivity index is 3.27. The van der Waals surface area contributed by atoms with Crippen molar-refractivity contribution in [1.29, 1.82) is 0 Å². The van der Waals surface area contributed by atoms with Gasteiger partial charge in [-0.15, -0.1) is 0 Å². The van der Waals surface area contributed by atoms with Gasteiger partial charge in [-0.1, -0.05) is 62.9 Å². The molecule has 0 saturated heterocycles. The van der Waals surface area contributed by atoms with E-state index in [0.717, 1.165) is 11.3 Å². The normalized spacial score (nSPS) is 10.7. The fraction of sp³-hybridized carbons (Fsp3) is 0.444. The van der Waals surface area contributed by atoms with Gasteiger partial charge in [-0.3, -0.25) is 0 Å². The van der Waals surface area contributed by atoms with Crippen LogP contribution >= 0.6 is 11.8 Å². The summed E-state index contributed by atoms with van der Waals surface area (Å²) in [5, 5.41) is 0. The third-order valence-corrected chi connectivity index (χ3v) is 4.34. The smallest absolute Gasteiger partial charge is 0.0177 e. The zero-order valence-corrected chi connectivity index (χ0v) is 13.9. The fourth-order valence-corrected chi connectivity index (χ4v) is 3.04. The molecule has 0 N–H and O–H groups in total. The van der Waals surface area contributed by atoms with Crippen LogP contribution in [0.15, 0.2) is 35.3 Å². The van der Waals surface area contributed by atoms with Gasteiger partial charge in [0.05, 0.1) is 0 Å². The molecule has 0 aromatic heterocycles. The summed E-state index contributed by atoms with van der Waals surface area (Å²) in [5.41, 5.74) is 5.62. The van der Waals surface area contributed by atoms with Crippen LogP contribution < -0.4 is 0 Å². The monoisotopic (exact) mass is 274 g/mol. The molecule has 0 nitrogen and oxygen atoms in total. The Morgan fingerprint density at radius 2 is 1.84 bits per heavy atom. The molecule has 19 heavy (non-hydrogen) atoms. The molecule has 0 aliphatic carbocycles. The van der Waals surface area contributed by atoms with Crippen molar-refractivity contribution in [3.63, 3.8) is 0 Å². The molecule has 0 aliphatic rings. The summed E-state index contributed by atoms with van der Waals surface area (Å²) < 4.78 is 0. The molecule has 1 heteroatoms. The Bertz CT molecular complexity index is 488. The maximum Gasteiger partial charge on any atom is 0.0177 e. The van der Waals surface area contributed by atoms with E-state index in [-0.39, 0.29) is 0 Å². The highest BCUT2D eigenvalue weighted by atomic mass is 32.2. The second kappa shape index (κ2) is 7.00. The number of rotatable bonds is 5. The van der Waals surface area contributed by atoms with Crippen molar-refractivity contribution in [2.45, 2.75) is 53.9 Å². The van der Waals surface area contributed by atoms with Gasteiger partial charge < -0.3 is 0 Å². The van der Waals surface area contributed by atoms with Crippen molar-refractivity contribution >= 4 is 16.7 Å². The van der Waals surface area contributed by atoms with Crippen molar-refractivity contribution in [3.8, 4) is 0 Å². The number of aryl methyl sites for hydroxylation is 1. The Hall–Kier alpha value is -0.950. The van der Waals surface area contributed by atoms with Gasteiger partial charge in [0.2, 0.25) is 0 Å². The van der Waals surface area contributed by atoms with Crippen LogP contribution in [0.25, 0.3) is 4.91 Å². The molecule has 1 aromatic carbocycles. The van der Waals surface area contributed by atoms with Crippen molar-refractivity contribution in [3.05, 3.63) is 51.9 Å². The number of allylic oxidation sites excluding steroid dienone is 2. The second-order valence-electron chi connectivity index (χ2n) is 5.56. The van der Waals surface area contributed by atoms with Crippen molar-refractivity contribution < 1.29 is 0 Å². The van der Waals surface area contributed by atoms with Gasteiger partial charge in [0.1, 0.15) is 0 Å². The van der Waals surface area contributed by atoms with Gasteiger partial charge in [-0.2, -0.15) is 0 Å². The molecule has 0 fully saturated rings. The molecule has 0 unspecified atom stereocenters. The molecule has 0 heterocycles. The highest BCUT2D eigenvalue weighted by Crippen LogP contribution is 2.36. The van der Waals surface area contributed by atoms with Crippen LogP contribution in [0.5, 0.6) is 0 Å². The Morgan fingerprint density at radius 1 is 1.21 bits per heavy atom. The van der Waals surface area contributed by atoms with Crippen LogP contribution in [0.1, 0.15) is 64.2 Å². The van der Waals surface area contributed by atoms with Crippen molar-refractivity contribution in [1.82, 2.24) is 0 Å². The predicted molar refractivity (Wildman–Crippen MR) is 90.6 cm³/mol. The average Bonchev–Trinajstić information content (AvgIpc) is 2.34. The lowest BCUT2D eigenvalue weighted by Gasteiger charge is -2.16. The van der Waals surface area contributed by atoms with Gasteiger partial charge in [0.15, 0.2) is 0 Å². The minimum absolute atomic E-state index is 0.591. The van der Waals surface area contributed by atoms with E-state index in [2.05, 4.69) is 66.3 Å².